The summed E-state index contributed by atoms with van der Waals surface area (Å²) in [7, 11) is 0. The molecule has 86 valence electrons. The Hall–Kier alpha value is -3.01. The number of imidazole rings is 1. The van der Waals surface area contributed by atoms with E-state index in [0.717, 1.165) is 16.9 Å². The van der Waals surface area contributed by atoms with E-state index in [1.807, 2.05) is 12.3 Å². The van der Waals surface area contributed by atoms with Crippen LogP contribution in [0.1, 0.15) is 0 Å². The third-order valence-corrected chi connectivity index (χ3v) is 2.37. The Morgan fingerprint density at radius 2 is 2.22 bits per heavy atom. The highest BCUT2D eigenvalue weighted by molar-refractivity contribution is 5.75. The van der Waals surface area contributed by atoms with E-state index in [1.165, 1.54) is 12.4 Å². The van der Waals surface area contributed by atoms with Crippen LogP contribution < -0.4 is 10.3 Å². The van der Waals surface area contributed by atoms with Gasteiger partial charge in [0.15, 0.2) is 6.20 Å². The van der Waals surface area contributed by atoms with Crippen molar-refractivity contribution >= 4 is 28.5 Å². The van der Waals surface area contributed by atoms with Gasteiger partial charge in [-0.2, -0.15) is 0 Å². The number of anilines is 2. The summed E-state index contributed by atoms with van der Waals surface area (Å²) >= 11 is 0. The molecular weight excluding hydrogens is 230 g/mol. The van der Waals surface area contributed by atoms with Crippen LogP contribution in [-0.2, 0) is 0 Å². The first-order valence-electron chi connectivity index (χ1n) is 5.16. The second-order valence-electron chi connectivity index (χ2n) is 3.54. The molecule has 0 unspecified atom stereocenters. The lowest BCUT2D eigenvalue weighted by atomic mass is 10.4. The molecule has 3 N–H and O–H groups in total. The zero-order chi connectivity index (χ0) is 12.4. The van der Waals surface area contributed by atoms with Crippen molar-refractivity contribution in [3.05, 3.63) is 42.4 Å². The van der Waals surface area contributed by atoms with Crippen molar-refractivity contribution in [3.63, 3.8) is 0 Å². The Bertz CT molecular complexity index is 723. The molecule has 0 spiro atoms. The number of nitrogens with zero attached hydrogens (tertiary/aromatic N) is 4. The number of H-pyrrole nitrogens is 2. The molecule has 18 heavy (non-hydrogen) atoms. The van der Waals surface area contributed by atoms with Crippen LogP contribution in [0, 0.1) is 6.57 Å². The van der Waals surface area contributed by atoms with Crippen LogP contribution in [0.25, 0.3) is 15.9 Å². The van der Waals surface area contributed by atoms with Gasteiger partial charge in [-0.1, -0.05) is 6.57 Å². The van der Waals surface area contributed by atoms with Gasteiger partial charge in [0.1, 0.15) is 17.2 Å². The molecule has 0 bridgehead atoms. The number of nitrogens with one attached hydrogen (secondary N) is 3. The predicted octanol–water partition coefficient (Wildman–Crippen LogP) is 1.46. The van der Waals surface area contributed by atoms with Crippen molar-refractivity contribution in [3.8, 4) is 0 Å². The Morgan fingerprint density at radius 3 is 3.00 bits per heavy atom. The molecule has 0 saturated heterocycles. The van der Waals surface area contributed by atoms with E-state index < -0.39 is 0 Å². The number of rotatable bonds is 2. The Morgan fingerprint density at radius 1 is 1.28 bits per heavy atom. The lowest BCUT2D eigenvalue weighted by Crippen LogP contribution is -2.09. The molecular formula is C11H8N7+. The lowest BCUT2D eigenvalue weighted by Gasteiger charge is -1.95. The van der Waals surface area contributed by atoms with Gasteiger partial charge in [-0.05, 0) is 0 Å². The summed E-state index contributed by atoms with van der Waals surface area (Å²) in [4.78, 5) is 21.4. The van der Waals surface area contributed by atoms with Crippen molar-refractivity contribution in [2.45, 2.75) is 0 Å². The zero-order valence-corrected chi connectivity index (χ0v) is 9.18. The molecule has 0 saturated carbocycles. The minimum atomic E-state index is 0.271. The zero-order valence-electron chi connectivity index (χ0n) is 9.18. The third kappa shape index (κ3) is 1.82. The molecule has 0 fully saturated rings. The molecule has 7 nitrogen and oxygen atoms in total. The van der Waals surface area contributed by atoms with Crippen LogP contribution in [0.2, 0.25) is 0 Å². The molecule has 3 rings (SSSR count). The van der Waals surface area contributed by atoms with Crippen molar-refractivity contribution in [1.82, 2.24) is 19.9 Å². The van der Waals surface area contributed by atoms with Crippen LogP contribution in [0.15, 0.2) is 31.0 Å². The first kappa shape index (κ1) is 10.2. The van der Waals surface area contributed by atoms with Crippen molar-refractivity contribution < 1.29 is 4.98 Å². The molecule has 3 aromatic heterocycles. The fraction of sp³-hybridized carbons (Fsp3) is 0. The summed E-state index contributed by atoms with van der Waals surface area (Å²) in [5.74, 6) is 1.58. The van der Waals surface area contributed by atoms with Gasteiger partial charge in [0, 0.05) is 0 Å². The fourth-order valence-electron chi connectivity index (χ4n) is 1.53. The van der Waals surface area contributed by atoms with Gasteiger partial charge in [-0.3, -0.25) is 0 Å². The summed E-state index contributed by atoms with van der Waals surface area (Å²) in [5, 5.41) is 3.05. The average Bonchev–Trinajstić information content (AvgIpc) is 2.87. The monoisotopic (exact) mass is 238 g/mol. The highest BCUT2D eigenvalue weighted by atomic mass is 15.1. The predicted molar refractivity (Wildman–Crippen MR) is 64.2 cm³/mol. The van der Waals surface area contributed by atoms with E-state index in [0.29, 0.717) is 5.82 Å². The largest absolute Gasteiger partial charge is 0.359 e. The number of pyridine rings is 1. The maximum atomic E-state index is 6.79. The molecule has 0 aliphatic heterocycles. The van der Waals surface area contributed by atoms with E-state index >= 15 is 0 Å². The second-order valence-corrected chi connectivity index (χ2v) is 3.54. The van der Waals surface area contributed by atoms with Gasteiger partial charge < -0.3 is 9.83 Å². The van der Waals surface area contributed by atoms with Gasteiger partial charge in [0.2, 0.25) is 0 Å². The van der Waals surface area contributed by atoms with Crippen LogP contribution in [0.5, 0.6) is 0 Å². The molecule has 3 aromatic rings. The van der Waals surface area contributed by atoms with Crippen molar-refractivity contribution in [1.29, 1.82) is 0 Å². The van der Waals surface area contributed by atoms with Crippen molar-refractivity contribution in [2.75, 3.05) is 5.32 Å². The maximum Gasteiger partial charge on any atom is 0.288 e. The van der Waals surface area contributed by atoms with Crippen LogP contribution >= 0.6 is 0 Å². The van der Waals surface area contributed by atoms with Gasteiger partial charge in [0.25, 0.3) is 17.5 Å². The smallest absolute Gasteiger partial charge is 0.288 e. The number of aromatic amines is 2. The highest BCUT2D eigenvalue weighted by Gasteiger charge is 2.08. The van der Waals surface area contributed by atoms with E-state index in [-0.39, 0.29) is 5.82 Å². The summed E-state index contributed by atoms with van der Waals surface area (Å²) in [6, 6.07) is 1.86. The van der Waals surface area contributed by atoms with Crippen LogP contribution in [0.4, 0.5) is 17.5 Å². The normalized spacial score (nSPS) is 10.2. The van der Waals surface area contributed by atoms with E-state index in [9.17, 15) is 0 Å². The van der Waals surface area contributed by atoms with Gasteiger partial charge in [-0.15, -0.1) is 4.98 Å². The topological polar surface area (TPSA) is 85.0 Å². The van der Waals surface area contributed by atoms with E-state index in [2.05, 4.69) is 35.1 Å². The van der Waals surface area contributed by atoms with Crippen LogP contribution in [0.3, 0.4) is 0 Å². The number of aromatic nitrogens is 5. The summed E-state index contributed by atoms with van der Waals surface area (Å²) in [5.41, 5.74) is 1.77. The fourth-order valence-corrected chi connectivity index (χ4v) is 1.53. The van der Waals surface area contributed by atoms with Gasteiger partial charge in [0.05, 0.1) is 18.6 Å². The van der Waals surface area contributed by atoms with Crippen LogP contribution in [-0.4, -0.2) is 19.9 Å². The Labute approximate surface area is 102 Å². The molecule has 0 aliphatic carbocycles. The number of fused-ring (bicyclic) bond motifs is 1. The van der Waals surface area contributed by atoms with Gasteiger partial charge in [-0.25, -0.2) is 20.3 Å². The number of hydrogen-bond donors (Lipinski definition) is 2. The molecule has 0 aliphatic rings. The minimum Gasteiger partial charge on any atom is -0.359 e. The molecule has 3 heterocycles. The molecule has 0 radical (unpaired) electrons. The first-order chi connectivity index (χ1) is 8.85. The maximum absolute atomic E-state index is 6.79. The summed E-state index contributed by atoms with van der Waals surface area (Å²) in [6.07, 6.45) is 6.37. The third-order valence-electron chi connectivity index (χ3n) is 2.37. The quantitative estimate of drug-likeness (QED) is 0.662. The Kier molecular flexibility index (Phi) is 2.32. The van der Waals surface area contributed by atoms with E-state index in [4.69, 9.17) is 6.57 Å². The average molecular weight is 238 g/mol. The summed E-state index contributed by atoms with van der Waals surface area (Å²) < 4.78 is 0. The number of hydrogen-bond acceptors (Lipinski definition) is 4. The van der Waals surface area contributed by atoms with E-state index in [1.54, 1.807) is 6.33 Å². The molecule has 0 aromatic carbocycles. The minimum absolute atomic E-state index is 0.271. The summed E-state index contributed by atoms with van der Waals surface area (Å²) in [6.45, 7) is 6.79. The Balaban J connectivity index is 1.88. The van der Waals surface area contributed by atoms with Crippen molar-refractivity contribution in [2.24, 2.45) is 0 Å². The SMILES string of the molecule is [C-]#[N+]c1cnc(Nc2cc3nc[nH]c3c[nH+]2)cn1. The highest BCUT2D eigenvalue weighted by Crippen LogP contribution is 2.14. The first-order valence-corrected chi connectivity index (χ1v) is 5.16. The lowest BCUT2D eigenvalue weighted by molar-refractivity contribution is -0.358. The second kappa shape index (κ2) is 4.10. The molecule has 7 heteroatoms. The molecule has 0 atom stereocenters. The van der Waals surface area contributed by atoms with Gasteiger partial charge >= 0.3 is 0 Å². The standard InChI is InChI=1S/C11H7N7/c1-12-10-4-15-11(5-14-10)18-9-2-7-8(3-13-9)17-6-16-7/h2-6H,(H,16,17)(H,13,15,18)/p+1. The molecule has 0 amide bonds.